The smallest absolute Gasteiger partial charge is 0.260 e. The average molecular weight is 419 g/mol. The zero-order valence-electron chi connectivity index (χ0n) is 18.9. The first-order valence-corrected chi connectivity index (χ1v) is 11.5. The molecule has 1 aliphatic heterocycles. The van der Waals surface area contributed by atoms with Crippen LogP contribution >= 0.6 is 0 Å². The fourth-order valence-electron chi connectivity index (χ4n) is 3.69. The lowest BCUT2D eigenvalue weighted by Gasteiger charge is -2.26. The molecule has 0 spiro atoms. The Kier molecular flexibility index (Phi) is 10.5. The van der Waals surface area contributed by atoms with Crippen molar-refractivity contribution < 1.29 is 19.1 Å². The van der Waals surface area contributed by atoms with Crippen molar-refractivity contribution in [3.8, 4) is 11.5 Å². The largest absolute Gasteiger partial charge is 0.490 e. The Bertz CT molecular complexity index is 671. The molecule has 1 aliphatic rings. The van der Waals surface area contributed by atoms with Crippen LogP contribution in [0.3, 0.4) is 0 Å². The molecule has 0 radical (unpaired) electrons. The number of nitrogens with zero attached hydrogens (tertiary/aromatic N) is 1. The Balaban J connectivity index is 1.95. The first kappa shape index (κ1) is 24.0. The molecule has 0 aliphatic carbocycles. The van der Waals surface area contributed by atoms with E-state index in [4.69, 9.17) is 9.47 Å². The number of likely N-dealkylation sites (tertiary alicyclic amines) is 1. The summed E-state index contributed by atoms with van der Waals surface area (Å²) in [6, 6.07) is 5.15. The van der Waals surface area contributed by atoms with E-state index in [1.54, 1.807) is 18.2 Å². The predicted octanol–water partition coefficient (Wildman–Crippen LogP) is 4.42. The second kappa shape index (κ2) is 13.1. The number of amides is 2. The standard InChI is InChI=1S/C24H38N2O4/c1-4-7-11-19(5-2)17-25-24(28)20-12-13-21(22(16-20)29-6-3)30-18-23(27)26-14-9-8-10-15-26/h12-13,16,19H,4-11,14-15,17-18H2,1-3H3,(H,25,28). The number of hydrogen-bond donors (Lipinski definition) is 1. The molecule has 1 aromatic rings. The first-order valence-electron chi connectivity index (χ1n) is 11.5. The fourth-order valence-corrected chi connectivity index (χ4v) is 3.69. The molecule has 2 amide bonds. The van der Waals surface area contributed by atoms with Crippen molar-refractivity contribution >= 4 is 11.8 Å². The van der Waals surface area contributed by atoms with E-state index < -0.39 is 0 Å². The molecule has 1 heterocycles. The van der Waals surface area contributed by atoms with Crippen LogP contribution in [0, 0.1) is 5.92 Å². The Morgan fingerprint density at radius 1 is 1.07 bits per heavy atom. The second-order valence-corrected chi connectivity index (χ2v) is 7.95. The minimum atomic E-state index is -0.109. The molecule has 1 atom stereocenters. The molecule has 30 heavy (non-hydrogen) atoms. The molecule has 168 valence electrons. The van der Waals surface area contributed by atoms with Gasteiger partial charge in [-0.2, -0.15) is 0 Å². The molecule has 0 saturated carbocycles. The number of hydrogen-bond acceptors (Lipinski definition) is 4. The number of rotatable bonds is 12. The normalized spacial score (nSPS) is 14.8. The van der Waals surface area contributed by atoms with Gasteiger partial charge in [-0.25, -0.2) is 0 Å². The van der Waals surface area contributed by atoms with Gasteiger partial charge in [-0.3, -0.25) is 9.59 Å². The minimum absolute atomic E-state index is 0.00310. The van der Waals surface area contributed by atoms with E-state index in [2.05, 4.69) is 19.2 Å². The number of carbonyl (C=O) groups is 2. The van der Waals surface area contributed by atoms with Crippen LogP contribution in [0.25, 0.3) is 0 Å². The van der Waals surface area contributed by atoms with Crippen molar-refractivity contribution in [3.63, 3.8) is 0 Å². The van der Waals surface area contributed by atoms with Crippen LogP contribution in [0.1, 0.15) is 76.1 Å². The maximum absolute atomic E-state index is 12.6. The second-order valence-electron chi connectivity index (χ2n) is 7.95. The number of benzene rings is 1. The summed E-state index contributed by atoms with van der Waals surface area (Å²) in [7, 11) is 0. The van der Waals surface area contributed by atoms with Crippen LogP contribution in [0.15, 0.2) is 18.2 Å². The number of carbonyl (C=O) groups excluding carboxylic acids is 2. The predicted molar refractivity (Wildman–Crippen MR) is 119 cm³/mol. The highest BCUT2D eigenvalue weighted by atomic mass is 16.5. The van der Waals surface area contributed by atoms with Gasteiger partial charge in [0.25, 0.3) is 11.8 Å². The fraction of sp³-hybridized carbons (Fsp3) is 0.667. The van der Waals surface area contributed by atoms with E-state index in [1.165, 1.54) is 19.3 Å². The summed E-state index contributed by atoms with van der Waals surface area (Å²) in [5, 5.41) is 3.04. The molecule has 1 N–H and O–H groups in total. The van der Waals surface area contributed by atoms with Crippen LogP contribution in [0.4, 0.5) is 0 Å². The third-order valence-electron chi connectivity index (χ3n) is 5.66. The Labute approximate surface area is 181 Å². The minimum Gasteiger partial charge on any atom is -0.490 e. The molecule has 6 heteroatoms. The summed E-state index contributed by atoms with van der Waals surface area (Å²) in [6.45, 7) is 8.96. The van der Waals surface area contributed by atoms with Gasteiger partial charge in [0, 0.05) is 25.2 Å². The summed E-state index contributed by atoms with van der Waals surface area (Å²) in [4.78, 5) is 26.8. The highest BCUT2D eigenvalue weighted by Crippen LogP contribution is 2.29. The molecule has 1 saturated heterocycles. The van der Waals surface area contributed by atoms with E-state index in [0.29, 0.717) is 36.1 Å². The van der Waals surface area contributed by atoms with Gasteiger partial charge in [-0.15, -0.1) is 0 Å². The Hall–Kier alpha value is -2.24. The quantitative estimate of drug-likeness (QED) is 0.545. The molecule has 1 unspecified atom stereocenters. The summed E-state index contributed by atoms with van der Waals surface area (Å²) in [5.41, 5.74) is 0.540. The number of nitrogens with one attached hydrogen (secondary N) is 1. The lowest BCUT2D eigenvalue weighted by atomic mass is 9.99. The monoisotopic (exact) mass is 418 g/mol. The summed E-state index contributed by atoms with van der Waals surface area (Å²) < 4.78 is 11.4. The topological polar surface area (TPSA) is 67.9 Å². The third-order valence-corrected chi connectivity index (χ3v) is 5.66. The van der Waals surface area contributed by atoms with E-state index in [1.807, 2.05) is 11.8 Å². The first-order chi connectivity index (χ1) is 14.6. The van der Waals surface area contributed by atoms with Crippen LogP contribution < -0.4 is 14.8 Å². The molecule has 6 nitrogen and oxygen atoms in total. The van der Waals surface area contributed by atoms with Crippen molar-refractivity contribution in [2.75, 3.05) is 32.8 Å². The molecule has 1 fully saturated rings. The van der Waals surface area contributed by atoms with Gasteiger partial charge in [0.2, 0.25) is 0 Å². The van der Waals surface area contributed by atoms with Crippen molar-refractivity contribution in [2.24, 2.45) is 5.92 Å². The lowest BCUT2D eigenvalue weighted by Crippen LogP contribution is -2.38. The highest BCUT2D eigenvalue weighted by molar-refractivity contribution is 5.94. The summed E-state index contributed by atoms with van der Waals surface area (Å²) >= 11 is 0. The van der Waals surface area contributed by atoms with Gasteiger partial charge in [0.15, 0.2) is 18.1 Å². The maximum atomic E-state index is 12.6. The van der Waals surface area contributed by atoms with Crippen molar-refractivity contribution in [2.45, 2.75) is 65.7 Å². The van der Waals surface area contributed by atoms with Gasteiger partial charge >= 0.3 is 0 Å². The van der Waals surface area contributed by atoms with E-state index in [9.17, 15) is 9.59 Å². The zero-order chi connectivity index (χ0) is 21.8. The highest BCUT2D eigenvalue weighted by Gasteiger charge is 2.18. The molecule has 0 aromatic heterocycles. The lowest BCUT2D eigenvalue weighted by molar-refractivity contribution is -0.134. The summed E-state index contributed by atoms with van der Waals surface area (Å²) in [5.74, 6) is 1.38. The SMILES string of the molecule is CCCCC(CC)CNC(=O)c1ccc(OCC(=O)N2CCCCC2)c(OCC)c1. The van der Waals surface area contributed by atoms with Crippen molar-refractivity contribution in [1.29, 1.82) is 0 Å². The Morgan fingerprint density at radius 3 is 2.50 bits per heavy atom. The maximum Gasteiger partial charge on any atom is 0.260 e. The number of unbranched alkanes of at least 4 members (excludes halogenated alkanes) is 1. The molecular formula is C24H38N2O4. The molecule has 1 aromatic carbocycles. The van der Waals surface area contributed by atoms with Crippen LogP contribution in [0.5, 0.6) is 11.5 Å². The molecule has 2 rings (SSSR count). The average Bonchev–Trinajstić information content (AvgIpc) is 2.78. The van der Waals surface area contributed by atoms with Crippen LogP contribution in [-0.2, 0) is 4.79 Å². The van der Waals surface area contributed by atoms with Crippen LogP contribution in [0.2, 0.25) is 0 Å². The van der Waals surface area contributed by atoms with Crippen molar-refractivity contribution in [3.05, 3.63) is 23.8 Å². The van der Waals surface area contributed by atoms with Gasteiger partial charge in [-0.1, -0.05) is 33.1 Å². The van der Waals surface area contributed by atoms with E-state index >= 15 is 0 Å². The van der Waals surface area contributed by atoms with Gasteiger partial charge in [-0.05, 0) is 56.7 Å². The number of ether oxygens (including phenoxy) is 2. The molecule has 0 bridgehead atoms. The van der Waals surface area contributed by atoms with Gasteiger partial charge in [0.05, 0.1) is 6.61 Å². The van der Waals surface area contributed by atoms with Crippen LogP contribution in [-0.4, -0.2) is 49.6 Å². The molecular weight excluding hydrogens is 380 g/mol. The van der Waals surface area contributed by atoms with Gasteiger partial charge < -0.3 is 19.7 Å². The van der Waals surface area contributed by atoms with Gasteiger partial charge in [0.1, 0.15) is 0 Å². The van der Waals surface area contributed by atoms with Crippen molar-refractivity contribution in [1.82, 2.24) is 10.2 Å². The Morgan fingerprint density at radius 2 is 1.83 bits per heavy atom. The van der Waals surface area contributed by atoms with E-state index in [0.717, 1.165) is 38.8 Å². The summed E-state index contributed by atoms with van der Waals surface area (Å²) in [6.07, 6.45) is 7.83. The zero-order valence-corrected chi connectivity index (χ0v) is 18.9. The third kappa shape index (κ3) is 7.54. The number of piperidine rings is 1. The van der Waals surface area contributed by atoms with E-state index in [-0.39, 0.29) is 18.4 Å².